The summed E-state index contributed by atoms with van der Waals surface area (Å²) >= 11 is 0. The van der Waals surface area contributed by atoms with Crippen LogP contribution in [0, 0.1) is 18.8 Å². The van der Waals surface area contributed by atoms with Gasteiger partial charge in [-0.3, -0.25) is 0 Å². The van der Waals surface area contributed by atoms with Crippen molar-refractivity contribution in [2.24, 2.45) is 11.8 Å². The summed E-state index contributed by atoms with van der Waals surface area (Å²) in [5, 5.41) is 0. The predicted octanol–water partition coefficient (Wildman–Crippen LogP) is 2.67. The van der Waals surface area contributed by atoms with E-state index < -0.39 is 0 Å². The fourth-order valence-corrected chi connectivity index (χ4v) is 2.06. The summed E-state index contributed by atoms with van der Waals surface area (Å²) in [6.07, 6.45) is 0. The summed E-state index contributed by atoms with van der Waals surface area (Å²) in [5.41, 5.74) is 9.38. The van der Waals surface area contributed by atoms with Gasteiger partial charge in [0.25, 0.3) is 0 Å². The summed E-state index contributed by atoms with van der Waals surface area (Å²) in [6.45, 7) is 9.02. The van der Waals surface area contributed by atoms with E-state index in [-0.39, 0.29) is 0 Å². The van der Waals surface area contributed by atoms with Crippen LogP contribution >= 0.6 is 0 Å². The molecule has 0 unspecified atom stereocenters. The first-order valence-corrected chi connectivity index (χ1v) is 5.69. The number of hydrogen-bond donors (Lipinski definition) is 1. The molecule has 0 radical (unpaired) electrons. The molecule has 0 aromatic heterocycles. The van der Waals surface area contributed by atoms with E-state index >= 15 is 0 Å². The molecule has 0 atom stereocenters. The van der Waals surface area contributed by atoms with Gasteiger partial charge in [0, 0.05) is 13.1 Å². The van der Waals surface area contributed by atoms with E-state index in [9.17, 15) is 0 Å². The lowest BCUT2D eigenvalue weighted by Crippen LogP contribution is -2.49. The summed E-state index contributed by atoms with van der Waals surface area (Å²) in [7, 11) is 0. The van der Waals surface area contributed by atoms with Crippen LogP contribution in [0.25, 0.3) is 0 Å². The molecule has 15 heavy (non-hydrogen) atoms. The van der Waals surface area contributed by atoms with E-state index in [0.29, 0.717) is 0 Å². The molecule has 0 spiro atoms. The Morgan fingerprint density at radius 2 is 2.00 bits per heavy atom. The Kier molecular flexibility index (Phi) is 2.59. The van der Waals surface area contributed by atoms with E-state index in [1.165, 1.54) is 11.3 Å². The van der Waals surface area contributed by atoms with Crippen LogP contribution in [0.2, 0.25) is 0 Å². The first-order chi connectivity index (χ1) is 7.08. The Balaban J connectivity index is 2.09. The minimum Gasteiger partial charge on any atom is -0.397 e. The van der Waals surface area contributed by atoms with E-state index in [1.54, 1.807) is 0 Å². The monoisotopic (exact) mass is 204 g/mol. The minimum absolute atomic E-state index is 0.785. The van der Waals surface area contributed by atoms with Crippen molar-refractivity contribution in [3.63, 3.8) is 0 Å². The lowest BCUT2D eigenvalue weighted by molar-refractivity contribution is 0.310. The average Bonchev–Trinajstić information content (AvgIpc) is 2.08. The number of aryl methyl sites for hydroxylation is 1. The van der Waals surface area contributed by atoms with Crippen molar-refractivity contribution in [1.82, 2.24) is 0 Å². The number of hydrogen-bond acceptors (Lipinski definition) is 2. The van der Waals surface area contributed by atoms with Crippen LogP contribution in [0.15, 0.2) is 18.2 Å². The van der Waals surface area contributed by atoms with Crippen LogP contribution < -0.4 is 10.6 Å². The maximum absolute atomic E-state index is 5.98. The minimum atomic E-state index is 0.785. The SMILES string of the molecule is Cc1ccc(N)c(N2CC(C(C)C)C2)c1. The van der Waals surface area contributed by atoms with Gasteiger partial charge in [-0.1, -0.05) is 19.9 Å². The van der Waals surface area contributed by atoms with Gasteiger partial charge < -0.3 is 10.6 Å². The van der Waals surface area contributed by atoms with Crippen LogP contribution in [0.3, 0.4) is 0 Å². The molecule has 0 bridgehead atoms. The second kappa shape index (κ2) is 3.76. The average molecular weight is 204 g/mol. The second-order valence-corrected chi connectivity index (χ2v) is 4.97. The predicted molar refractivity (Wildman–Crippen MR) is 66.1 cm³/mol. The molecule has 1 aliphatic rings. The van der Waals surface area contributed by atoms with Crippen molar-refractivity contribution < 1.29 is 0 Å². The second-order valence-electron chi connectivity index (χ2n) is 4.97. The van der Waals surface area contributed by atoms with Gasteiger partial charge in [0.2, 0.25) is 0 Å². The van der Waals surface area contributed by atoms with Crippen LogP contribution in [-0.2, 0) is 0 Å². The highest BCUT2D eigenvalue weighted by atomic mass is 15.2. The molecule has 82 valence electrons. The molecule has 0 saturated carbocycles. The zero-order chi connectivity index (χ0) is 11.0. The lowest BCUT2D eigenvalue weighted by atomic mass is 9.88. The largest absolute Gasteiger partial charge is 0.397 e. The van der Waals surface area contributed by atoms with E-state index in [1.807, 2.05) is 6.07 Å². The van der Waals surface area contributed by atoms with Crippen molar-refractivity contribution in [2.45, 2.75) is 20.8 Å². The Labute approximate surface area is 92.1 Å². The topological polar surface area (TPSA) is 29.3 Å². The Bertz CT molecular complexity index is 352. The molecule has 1 aliphatic heterocycles. The van der Waals surface area contributed by atoms with Crippen molar-refractivity contribution in [3.8, 4) is 0 Å². The number of nitrogen functional groups attached to an aromatic ring is 1. The highest BCUT2D eigenvalue weighted by Gasteiger charge is 2.29. The molecule has 1 fully saturated rings. The Hall–Kier alpha value is -1.18. The third-order valence-electron chi connectivity index (χ3n) is 3.38. The number of rotatable bonds is 2. The van der Waals surface area contributed by atoms with Gasteiger partial charge in [-0.2, -0.15) is 0 Å². The van der Waals surface area contributed by atoms with Gasteiger partial charge in [-0.25, -0.2) is 0 Å². The summed E-state index contributed by atoms with van der Waals surface area (Å²) in [4.78, 5) is 2.38. The molecule has 1 aromatic carbocycles. The molecule has 2 nitrogen and oxygen atoms in total. The number of nitrogens with zero attached hydrogens (tertiary/aromatic N) is 1. The summed E-state index contributed by atoms with van der Waals surface area (Å²) < 4.78 is 0. The van der Waals surface area contributed by atoms with Crippen LogP contribution in [0.1, 0.15) is 19.4 Å². The lowest BCUT2D eigenvalue weighted by Gasteiger charge is -2.43. The molecule has 1 aromatic rings. The smallest absolute Gasteiger partial charge is 0.0602 e. The van der Waals surface area contributed by atoms with Gasteiger partial charge >= 0.3 is 0 Å². The van der Waals surface area contributed by atoms with E-state index in [2.05, 4.69) is 37.8 Å². The molecule has 2 N–H and O–H groups in total. The van der Waals surface area contributed by atoms with Crippen molar-refractivity contribution >= 4 is 11.4 Å². The molecule has 2 rings (SSSR count). The van der Waals surface area contributed by atoms with Gasteiger partial charge in [-0.05, 0) is 36.5 Å². The van der Waals surface area contributed by atoms with Crippen LogP contribution in [0.5, 0.6) is 0 Å². The molecule has 0 aliphatic carbocycles. The van der Waals surface area contributed by atoms with E-state index in [4.69, 9.17) is 5.73 Å². The third-order valence-corrected chi connectivity index (χ3v) is 3.38. The normalized spacial score (nSPS) is 16.9. The number of anilines is 2. The van der Waals surface area contributed by atoms with Gasteiger partial charge in [0.1, 0.15) is 0 Å². The first-order valence-electron chi connectivity index (χ1n) is 5.69. The highest BCUT2D eigenvalue weighted by molar-refractivity contribution is 5.69. The first kappa shape index (κ1) is 10.3. The fourth-order valence-electron chi connectivity index (χ4n) is 2.06. The number of benzene rings is 1. The van der Waals surface area contributed by atoms with Crippen molar-refractivity contribution in [1.29, 1.82) is 0 Å². The zero-order valence-electron chi connectivity index (χ0n) is 9.83. The molecular weight excluding hydrogens is 184 g/mol. The molecule has 2 heteroatoms. The standard InChI is InChI=1S/C13H20N2/c1-9(2)11-7-15(8-11)13-6-10(3)4-5-12(13)14/h4-6,9,11H,7-8,14H2,1-3H3. The van der Waals surface area contributed by atoms with Crippen LogP contribution in [0.4, 0.5) is 11.4 Å². The highest BCUT2D eigenvalue weighted by Crippen LogP contribution is 2.33. The van der Waals surface area contributed by atoms with Crippen molar-refractivity contribution in [2.75, 3.05) is 23.7 Å². The van der Waals surface area contributed by atoms with E-state index in [0.717, 1.165) is 30.6 Å². The molecule has 1 heterocycles. The van der Waals surface area contributed by atoms with Crippen molar-refractivity contribution in [3.05, 3.63) is 23.8 Å². The molecule has 1 saturated heterocycles. The van der Waals surface area contributed by atoms with Gasteiger partial charge in [0.15, 0.2) is 0 Å². The summed E-state index contributed by atoms with van der Waals surface area (Å²) in [5.74, 6) is 1.62. The molecule has 0 amide bonds. The van der Waals surface area contributed by atoms with Gasteiger partial charge in [-0.15, -0.1) is 0 Å². The Morgan fingerprint density at radius 3 is 2.60 bits per heavy atom. The van der Waals surface area contributed by atoms with Crippen LogP contribution in [-0.4, -0.2) is 13.1 Å². The maximum atomic E-state index is 5.98. The van der Waals surface area contributed by atoms with Gasteiger partial charge in [0.05, 0.1) is 11.4 Å². The zero-order valence-corrected chi connectivity index (χ0v) is 9.83. The third kappa shape index (κ3) is 1.94. The fraction of sp³-hybridized carbons (Fsp3) is 0.538. The maximum Gasteiger partial charge on any atom is 0.0602 e. The molecular formula is C13H20N2. The quantitative estimate of drug-likeness (QED) is 0.750. The Morgan fingerprint density at radius 1 is 1.33 bits per heavy atom. The number of nitrogens with two attached hydrogens (primary N) is 1. The summed E-state index contributed by atoms with van der Waals surface area (Å²) in [6, 6.07) is 6.26.